The Kier molecular flexibility index (Phi) is 4.13. The summed E-state index contributed by atoms with van der Waals surface area (Å²) in [6, 6.07) is 0. The molecule has 1 unspecified atom stereocenters. The van der Waals surface area contributed by atoms with Crippen LogP contribution in [0, 0.1) is 11.3 Å². The van der Waals surface area contributed by atoms with Gasteiger partial charge in [-0.05, 0) is 11.3 Å². The van der Waals surface area contributed by atoms with Gasteiger partial charge in [0.2, 0.25) is 5.76 Å². The van der Waals surface area contributed by atoms with Crippen molar-refractivity contribution in [3.8, 4) is 0 Å². The van der Waals surface area contributed by atoms with Crippen molar-refractivity contribution < 1.29 is 14.3 Å². The van der Waals surface area contributed by atoms with Crippen LogP contribution >= 0.6 is 0 Å². The van der Waals surface area contributed by atoms with Crippen LogP contribution in [0.3, 0.4) is 0 Å². The number of carbonyl (C=O) groups is 1. The minimum absolute atomic E-state index is 0.0244. The van der Waals surface area contributed by atoms with E-state index < -0.39 is 5.97 Å². The summed E-state index contributed by atoms with van der Waals surface area (Å²) in [5, 5.41) is 9.20. The molecule has 0 aromatic carbocycles. The number of hydrogen-bond donors (Lipinski definition) is 1. The first-order chi connectivity index (χ1) is 8.43. The van der Waals surface area contributed by atoms with Gasteiger partial charge < -0.3 is 9.52 Å². The highest BCUT2D eigenvalue weighted by Crippen LogP contribution is 2.31. The highest BCUT2D eigenvalue weighted by Gasteiger charge is 2.30. The lowest BCUT2D eigenvalue weighted by atomic mass is 9.80. The third-order valence-electron chi connectivity index (χ3n) is 3.54. The van der Waals surface area contributed by atoms with Crippen LogP contribution in [0.4, 0.5) is 0 Å². The molecule has 108 valence electrons. The second-order valence-corrected chi connectivity index (χ2v) is 7.31. The molecule has 1 heterocycles. The van der Waals surface area contributed by atoms with E-state index in [0.29, 0.717) is 23.9 Å². The molecule has 0 bridgehead atoms. The van der Waals surface area contributed by atoms with E-state index in [9.17, 15) is 9.90 Å². The fraction of sp³-hybridized carbons (Fsp3) is 0.733. The number of carboxylic acids is 1. The number of rotatable bonds is 3. The van der Waals surface area contributed by atoms with Gasteiger partial charge in [0.05, 0.1) is 5.69 Å². The largest absolute Gasteiger partial charge is 0.475 e. The summed E-state index contributed by atoms with van der Waals surface area (Å²) in [7, 11) is 0. The first-order valence-electron chi connectivity index (χ1n) is 6.66. The summed E-state index contributed by atoms with van der Waals surface area (Å²) in [6.07, 6.45) is 0.653. The molecule has 1 aromatic heterocycles. The van der Waals surface area contributed by atoms with E-state index >= 15 is 0 Å². The molecule has 1 atom stereocenters. The Morgan fingerprint density at radius 1 is 1.26 bits per heavy atom. The molecule has 0 amide bonds. The summed E-state index contributed by atoms with van der Waals surface area (Å²) in [5.41, 5.74) is 0.330. The van der Waals surface area contributed by atoms with Crippen LogP contribution in [0.15, 0.2) is 4.42 Å². The minimum Gasteiger partial charge on any atom is -0.475 e. The zero-order valence-corrected chi connectivity index (χ0v) is 13.0. The Hall–Kier alpha value is -1.32. The maximum atomic E-state index is 11.2. The molecule has 0 saturated heterocycles. The van der Waals surface area contributed by atoms with E-state index in [1.54, 1.807) is 0 Å². The van der Waals surface area contributed by atoms with Crippen molar-refractivity contribution in [2.45, 2.75) is 60.3 Å². The first kappa shape index (κ1) is 15.7. The molecule has 0 spiro atoms. The molecule has 0 aliphatic carbocycles. The fourth-order valence-corrected chi connectivity index (χ4v) is 1.67. The van der Waals surface area contributed by atoms with Crippen LogP contribution in [0.25, 0.3) is 0 Å². The van der Waals surface area contributed by atoms with Gasteiger partial charge in [-0.2, -0.15) is 0 Å². The van der Waals surface area contributed by atoms with Gasteiger partial charge in [-0.15, -0.1) is 0 Å². The maximum absolute atomic E-state index is 11.2. The van der Waals surface area contributed by atoms with Crippen molar-refractivity contribution in [1.82, 2.24) is 4.98 Å². The Labute approximate surface area is 115 Å². The normalized spacial score (nSPS) is 14.5. The smallest absolute Gasteiger partial charge is 0.373 e. The van der Waals surface area contributed by atoms with Gasteiger partial charge in [0.15, 0.2) is 5.89 Å². The van der Waals surface area contributed by atoms with Crippen molar-refractivity contribution in [2.24, 2.45) is 11.3 Å². The highest BCUT2D eigenvalue weighted by atomic mass is 16.4. The molecule has 4 heteroatoms. The SMILES string of the molecule is CC(Cc1nc(C(C)(C)C)c(C(=O)O)o1)C(C)(C)C. The Morgan fingerprint density at radius 2 is 1.79 bits per heavy atom. The Morgan fingerprint density at radius 3 is 2.11 bits per heavy atom. The van der Waals surface area contributed by atoms with Gasteiger partial charge in [0.1, 0.15) is 0 Å². The fourth-order valence-electron chi connectivity index (χ4n) is 1.67. The highest BCUT2D eigenvalue weighted by molar-refractivity contribution is 5.86. The zero-order valence-electron chi connectivity index (χ0n) is 13.0. The zero-order chi connectivity index (χ0) is 15.0. The van der Waals surface area contributed by atoms with E-state index in [2.05, 4.69) is 32.7 Å². The Balaban J connectivity index is 3.10. The number of hydrogen-bond acceptors (Lipinski definition) is 3. The van der Waals surface area contributed by atoms with Gasteiger partial charge in [-0.3, -0.25) is 0 Å². The molecule has 1 rings (SSSR count). The number of nitrogens with zero attached hydrogens (tertiary/aromatic N) is 1. The lowest BCUT2D eigenvalue weighted by molar-refractivity contribution is 0.0655. The van der Waals surface area contributed by atoms with Crippen molar-refractivity contribution >= 4 is 5.97 Å². The van der Waals surface area contributed by atoms with Gasteiger partial charge in [0.25, 0.3) is 0 Å². The lowest BCUT2D eigenvalue weighted by Crippen LogP contribution is -2.20. The molecule has 0 saturated carbocycles. The molecule has 0 fully saturated rings. The molecular formula is C15H25NO3. The third kappa shape index (κ3) is 3.82. The lowest BCUT2D eigenvalue weighted by Gasteiger charge is -2.25. The number of carboxylic acid groups (broad SMARTS) is 1. The van der Waals surface area contributed by atoms with Gasteiger partial charge >= 0.3 is 5.97 Å². The van der Waals surface area contributed by atoms with Crippen molar-refractivity contribution in [2.75, 3.05) is 0 Å². The third-order valence-corrected chi connectivity index (χ3v) is 3.54. The van der Waals surface area contributed by atoms with Gasteiger partial charge in [-0.1, -0.05) is 48.5 Å². The second-order valence-electron chi connectivity index (χ2n) is 7.31. The predicted molar refractivity (Wildman–Crippen MR) is 74.5 cm³/mol. The summed E-state index contributed by atoms with van der Waals surface area (Å²) in [4.78, 5) is 15.6. The maximum Gasteiger partial charge on any atom is 0.373 e. The average molecular weight is 267 g/mol. The summed E-state index contributed by atoms with van der Waals surface area (Å²) in [5.74, 6) is -0.193. The molecule has 1 N–H and O–H groups in total. The topological polar surface area (TPSA) is 63.3 Å². The van der Waals surface area contributed by atoms with Crippen molar-refractivity contribution in [1.29, 1.82) is 0 Å². The van der Waals surface area contributed by atoms with Crippen LogP contribution in [-0.4, -0.2) is 16.1 Å². The van der Waals surface area contributed by atoms with E-state index in [-0.39, 0.29) is 16.6 Å². The predicted octanol–water partition coefficient (Wildman–Crippen LogP) is 3.90. The minimum atomic E-state index is -1.05. The van der Waals surface area contributed by atoms with E-state index in [0.717, 1.165) is 0 Å². The molecule has 19 heavy (non-hydrogen) atoms. The van der Waals surface area contributed by atoms with Crippen LogP contribution in [-0.2, 0) is 11.8 Å². The van der Waals surface area contributed by atoms with Crippen molar-refractivity contribution in [3.05, 3.63) is 17.3 Å². The molecule has 0 aliphatic heterocycles. The standard InChI is InChI=1S/C15H25NO3/c1-9(14(2,3)4)8-10-16-12(15(5,6)7)11(19-10)13(17)18/h9H,8H2,1-7H3,(H,17,18). The summed E-state index contributed by atoms with van der Waals surface area (Å²) in [6.45, 7) is 14.4. The molecular weight excluding hydrogens is 242 g/mol. The number of aromatic nitrogens is 1. The first-order valence-corrected chi connectivity index (χ1v) is 6.66. The van der Waals surface area contributed by atoms with E-state index in [4.69, 9.17) is 4.42 Å². The van der Waals surface area contributed by atoms with Gasteiger partial charge in [0, 0.05) is 11.8 Å². The molecule has 1 aromatic rings. The van der Waals surface area contributed by atoms with Crippen LogP contribution < -0.4 is 0 Å². The monoisotopic (exact) mass is 267 g/mol. The average Bonchev–Trinajstić information content (AvgIpc) is 2.59. The molecule has 4 nitrogen and oxygen atoms in total. The number of aromatic carboxylic acids is 1. The van der Waals surface area contributed by atoms with E-state index in [1.807, 2.05) is 20.8 Å². The second kappa shape index (κ2) is 4.99. The molecule has 0 aliphatic rings. The van der Waals surface area contributed by atoms with E-state index in [1.165, 1.54) is 0 Å². The molecule has 0 radical (unpaired) electrons. The van der Waals surface area contributed by atoms with Crippen LogP contribution in [0.1, 0.15) is 70.6 Å². The van der Waals surface area contributed by atoms with Crippen molar-refractivity contribution in [3.63, 3.8) is 0 Å². The van der Waals surface area contributed by atoms with Crippen LogP contribution in [0.5, 0.6) is 0 Å². The summed E-state index contributed by atoms with van der Waals surface area (Å²) >= 11 is 0. The number of oxazole rings is 1. The Bertz CT molecular complexity index is 461. The van der Waals surface area contributed by atoms with Crippen LogP contribution in [0.2, 0.25) is 0 Å². The quantitative estimate of drug-likeness (QED) is 0.902. The summed E-state index contributed by atoms with van der Waals surface area (Å²) < 4.78 is 5.46. The van der Waals surface area contributed by atoms with Gasteiger partial charge in [-0.25, -0.2) is 9.78 Å².